The maximum Gasteiger partial charge on any atom is 0.407 e. The summed E-state index contributed by atoms with van der Waals surface area (Å²) in [6, 6.07) is 9.39. The van der Waals surface area contributed by atoms with E-state index in [0.29, 0.717) is 18.4 Å². The fourth-order valence-corrected chi connectivity index (χ4v) is 3.15. The van der Waals surface area contributed by atoms with Gasteiger partial charge < -0.3 is 14.8 Å². The Morgan fingerprint density at radius 1 is 1.18 bits per heavy atom. The van der Waals surface area contributed by atoms with Gasteiger partial charge in [0.25, 0.3) is 0 Å². The molecule has 1 aromatic carbocycles. The summed E-state index contributed by atoms with van der Waals surface area (Å²) in [6.07, 6.45) is 1.43. The number of hydrogen-bond donors (Lipinski definition) is 1. The topological polar surface area (TPSA) is 81.7 Å². The second-order valence-electron chi connectivity index (χ2n) is 8.11. The number of benzene rings is 1. The van der Waals surface area contributed by atoms with Crippen LogP contribution in [0.2, 0.25) is 0 Å². The SMILES string of the molecule is C=C(COC(=O)C1(CNC(=O)OC(C)(C)C)CCCCC1=O)c1ccccc1. The number of nitrogens with one attached hydrogen (secondary N) is 1. The molecule has 0 aromatic heterocycles. The summed E-state index contributed by atoms with van der Waals surface area (Å²) in [4.78, 5) is 37.6. The molecule has 1 aliphatic carbocycles. The van der Waals surface area contributed by atoms with Gasteiger partial charge in [-0.15, -0.1) is 0 Å². The molecular formula is C22H29NO5. The van der Waals surface area contributed by atoms with E-state index in [0.717, 1.165) is 18.4 Å². The lowest BCUT2D eigenvalue weighted by Gasteiger charge is -2.33. The Kier molecular flexibility index (Phi) is 7.00. The van der Waals surface area contributed by atoms with Gasteiger partial charge in [0.2, 0.25) is 0 Å². The van der Waals surface area contributed by atoms with E-state index in [1.165, 1.54) is 0 Å². The lowest BCUT2D eigenvalue weighted by molar-refractivity contribution is -0.161. The molecule has 1 aliphatic rings. The lowest BCUT2D eigenvalue weighted by atomic mass is 9.73. The van der Waals surface area contributed by atoms with Crippen molar-refractivity contribution >= 4 is 23.4 Å². The molecule has 0 heterocycles. The van der Waals surface area contributed by atoms with Gasteiger partial charge in [0, 0.05) is 13.0 Å². The van der Waals surface area contributed by atoms with Crippen LogP contribution >= 0.6 is 0 Å². The zero-order valence-corrected chi connectivity index (χ0v) is 16.9. The monoisotopic (exact) mass is 387 g/mol. The number of rotatable bonds is 6. The van der Waals surface area contributed by atoms with Crippen LogP contribution in [0.5, 0.6) is 0 Å². The van der Waals surface area contributed by atoms with Crippen LogP contribution in [0.3, 0.4) is 0 Å². The van der Waals surface area contributed by atoms with Crippen molar-refractivity contribution in [3.05, 3.63) is 42.5 Å². The standard InChI is InChI=1S/C22H29NO5/c1-16(17-10-6-5-7-11-17)14-27-19(25)22(13-9-8-12-18(22)24)15-23-20(26)28-21(2,3)4/h5-7,10-11H,1,8-9,12-15H2,2-4H3,(H,23,26). The first-order valence-corrected chi connectivity index (χ1v) is 9.55. The first-order valence-electron chi connectivity index (χ1n) is 9.55. The van der Waals surface area contributed by atoms with Gasteiger partial charge in [0.1, 0.15) is 17.6 Å². The van der Waals surface area contributed by atoms with Gasteiger partial charge in [-0.1, -0.05) is 43.3 Å². The van der Waals surface area contributed by atoms with E-state index in [-0.39, 0.29) is 18.9 Å². The van der Waals surface area contributed by atoms with E-state index < -0.39 is 23.1 Å². The fraction of sp³-hybridized carbons (Fsp3) is 0.500. The summed E-state index contributed by atoms with van der Waals surface area (Å²) in [6.45, 7) is 9.05. The predicted octanol–water partition coefficient (Wildman–Crippen LogP) is 3.90. The molecule has 1 unspecified atom stereocenters. The van der Waals surface area contributed by atoms with Crippen molar-refractivity contribution in [1.29, 1.82) is 0 Å². The molecule has 2 rings (SSSR count). The normalized spacial score (nSPS) is 19.6. The summed E-state index contributed by atoms with van der Waals surface area (Å²) in [5.41, 5.74) is -0.521. The third-order valence-electron chi connectivity index (χ3n) is 4.67. The Balaban J connectivity index is 2.05. The highest BCUT2D eigenvalue weighted by molar-refractivity contribution is 6.05. The number of Topliss-reactive ketones (excluding diaryl/α,β-unsaturated/α-hetero) is 1. The third-order valence-corrected chi connectivity index (χ3v) is 4.67. The molecule has 1 N–H and O–H groups in total. The number of carbonyl (C=O) groups excluding carboxylic acids is 3. The van der Waals surface area contributed by atoms with Gasteiger partial charge in [-0.25, -0.2) is 4.79 Å². The molecule has 6 nitrogen and oxygen atoms in total. The van der Waals surface area contributed by atoms with Gasteiger partial charge in [0.15, 0.2) is 5.78 Å². The molecule has 1 aromatic rings. The maximum absolute atomic E-state index is 12.9. The summed E-state index contributed by atoms with van der Waals surface area (Å²) in [5, 5.41) is 2.58. The van der Waals surface area contributed by atoms with Crippen LogP contribution in [0.1, 0.15) is 52.0 Å². The van der Waals surface area contributed by atoms with E-state index in [4.69, 9.17) is 9.47 Å². The Bertz CT molecular complexity index is 735. The van der Waals surface area contributed by atoms with Crippen LogP contribution in [0, 0.1) is 5.41 Å². The minimum atomic E-state index is -1.37. The molecule has 1 atom stereocenters. The average molecular weight is 387 g/mol. The molecular weight excluding hydrogens is 358 g/mol. The van der Waals surface area contributed by atoms with Crippen molar-refractivity contribution in [2.75, 3.05) is 13.2 Å². The molecule has 0 saturated heterocycles. The van der Waals surface area contributed by atoms with E-state index in [1.54, 1.807) is 20.8 Å². The first kappa shape index (κ1) is 21.7. The summed E-state index contributed by atoms with van der Waals surface area (Å²) in [5.74, 6) is -0.824. The first-order chi connectivity index (χ1) is 13.1. The van der Waals surface area contributed by atoms with Crippen LogP contribution in [0.15, 0.2) is 36.9 Å². The van der Waals surface area contributed by atoms with Crippen molar-refractivity contribution in [2.45, 2.75) is 52.1 Å². The second-order valence-corrected chi connectivity index (χ2v) is 8.11. The Morgan fingerprint density at radius 2 is 1.86 bits per heavy atom. The summed E-state index contributed by atoms with van der Waals surface area (Å²) < 4.78 is 10.7. The highest BCUT2D eigenvalue weighted by Crippen LogP contribution is 2.34. The van der Waals surface area contributed by atoms with Crippen molar-refractivity contribution < 1.29 is 23.9 Å². The zero-order chi connectivity index (χ0) is 20.8. The van der Waals surface area contributed by atoms with Crippen LogP contribution in [0.4, 0.5) is 4.79 Å². The summed E-state index contributed by atoms with van der Waals surface area (Å²) in [7, 11) is 0. The number of ether oxygens (including phenoxy) is 2. The van der Waals surface area contributed by atoms with Gasteiger partial charge in [0.05, 0.1) is 0 Å². The molecule has 0 radical (unpaired) electrons. The smallest absolute Gasteiger partial charge is 0.407 e. The van der Waals surface area contributed by atoms with E-state index in [1.807, 2.05) is 30.3 Å². The highest BCUT2D eigenvalue weighted by Gasteiger charge is 2.48. The molecule has 0 bridgehead atoms. The largest absolute Gasteiger partial charge is 0.460 e. The molecule has 152 valence electrons. The third kappa shape index (κ3) is 5.68. The highest BCUT2D eigenvalue weighted by atomic mass is 16.6. The fourth-order valence-electron chi connectivity index (χ4n) is 3.15. The number of hydrogen-bond acceptors (Lipinski definition) is 5. The molecule has 1 saturated carbocycles. The molecule has 1 fully saturated rings. The Labute approximate surface area is 166 Å². The van der Waals surface area contributed by atoms with Crippen molar-refractivity contribution in [2.24, 2.45) is 5.41 Å². The molecule has 6 heteroatoms. The van der Waals surface area contributed by atoms with E-state index >= 15 is 0 Å². The molecule has 1 amide bonds. The van der Waals surface area contributed by atoms with E-state index in [2.05, 4.69) is 11.9 Å². The van der Waals surface area contributed by atoms with Crippen molar-refractivity contribution in [3.63, 3.8) is 0 Å². The van der Waals surface area contributed by atoms with Crippen molar-refractivity contribution in [1.82, 2.24) is 5.32 Å². The van der Waals surface area contributed by atoms with Gasteiger partial charge >= 0.3 is 12.1 Å². The minimum Gasteiger partial charge on any atom is -0.460 e. The quantitative estimate of drug-likeness (QED) is 0.591. The predicted molar refractivity (Wildman–Crippen MR) is 107 cm³/mol. The van der Waals surface area contributed by atoms with Gasteiger partial charge in [-0.05, 0) is 44.7 Å². The number of carbonyl (C=O) groups is 3. The Hall–Kier alpha value is -2.63. The van der Waals surface area contributed by atoms with E-state index in [9.17, 15) is 14.4 Å². The number of esters is 1. The van der Waals surface area contributed by atoms with Crippen molar-refractivity contribution in [3.8, 4) is 0 Å². The maximum atomic E-state index is 12.9. The molecule has 28 heavy (non-hydrogen) atoms. The van der Waals surface area contributed by atoms with Gasteiger partial charge in [-0.2, -0.15) is 0 Å². The van der Waals surface area contributed by atoms with Crippen LogP contribution in [0.25, 0.3) is 5.57 Å². The second kappa shape index (κ2) is 9.04. The minimum absolute atomic E-state index is 0.00961. The summed E-state index contributed by atoms with van der Waals surface area (Å²) >= 11 is 0. The average Bonchev–Trinajstić information content (AvgIpc) is 2.64. The molecule has 0 aliphatic heterocycles. The Morgan fingerprint density at radius 3 is 2.46 bits per heavy atom. The number of alkyl carbamates (subject to hydrolysis) is 1. The zero-order valence-electron chi connectivity index (χ0n) is 16.9. The van der Waals surface area contributed by atoms with Crippen LogP contribution < -0.4 is 5.32 Å². The van der Waals surface area contributed by atoms with Crippen LogP contribution in [-0.2, 0) is 19.1 Å². The molecule has 0 spiro atoms. The van der Waals surface area contributed by atoms with Gasteiger partial charge in [-0.3, -0.25) is 9.59 Å². The van der Waals surface area contributed by atoms with Crippen LogP contribution in [-0.4, -0.2) is 36.6 Å². The number of amides is 1. The number of ketones is 1. The lowest BCUT2D eigenvalue weighted by Crippen LogP contribution is -2.51.